The SMILES string of the molecule is CCOC(=O)C(O)(C1c2ccc(S(=O)(=O)N3CCOCC3)cc2N(Cc2ccccc2)C1C)C(F)(F)F. The summed E-state index contributed by atoms with van der Waals surface area (Å²) in [6.45, 7) is 3.39. The zero-order valence-electron chi connectivity index (χ0n) is 20.4. The molecule has 3 atom stereocenters. The van der Waals surface area contributed by atoms with Crippen LogP contribution in [0.3, 0.4) is 0 Å². The monoisotopic (exact) mass is 542 g/mol. The standard InChI is InChI=1S/C25H29F3N2O6S/c1-3-36-23(31)24(32,25(26,27)28)22-17(2)30(16-18-7-5-4-6-8-18)21-15-19(9-10-20(21)22)37(33,34)29-11-13-35-14-12-29/h4-10,15,17,22,32H,3,11-14,16H2,1-2H3. The number of alkyl halides is 3. The van der Waals surface area contributed by atoms with E-state index < -0.39 is 39.7 Å². The molecule has 0 radical (unpaired) electrons. The molecule has 8 nitrogen and oxygen atoms in total. The Morgan fingerprint density at radius 2 is 1.78 bits per heavy atom. The summed E-state index contributed by atoms with van der Waals surface area (Å²) in [5, 5.41) is 11.0. The third-order valence-corrected chi connectivity index (χ3v) is 8.79. The van der Waals surface area contributed by atoms with Gasteiger partial charge in [0.05, 0.1) is 30.6 Å². The first-order chi connectivity index (χ1) is 17.4. The fourth-order valence-electron chi connectivity index (χ4n) is 5.03. The predicted octanol–water partition coefficient (Wildman–Crippen LogP) is 3.06. The lowest BCUT2D eigenvalue weighted by molar-refractivity contribution is -0.270. The summed E-state index contributed by atoms with van der Waals surface area (Å²) in [4.78, 5) is 14.1. The van der Waals surface area contributed by atoms with Gasteiger partial charge in [-0.25, -0.2) is 13.2 Å². The van der Waals surface area contributed by atoms with E-state index in [4.69, 9.17) is 4.74 Å². The van der Waals surface area contributed by atoms with Crippen LogP contribution in [0, 0.1) is 0 Å². The van der Waals surface area contributed by atoms with Crippen molar-refractivity contribution in [1.82, 2.24) is 4.31 Å². The number of anilines is 1. The molecule has 0 bridgehead atoms. The van der Waals surface area contributed by atoms with Crippen LogP contribution in [-0.2, 0) is 30.8 Å². The number of hydrogen-bond acceptors (Lipinski definition) is 7. The molecular formula is C25H29F3N2O6S. The predicted molar refractivity (Wildman–Crippen MR) is 128 cm³/mol. The second-order valence-corrected chi connectivity index (χ2v) is 11.0. The number of halogens is 3. The minimum atomic E-state index is -5.35. The van der Waals surface area contributed by atoms with Gasteiger partial charge >= 0.3 is 12.1 Å². The molecule has 2 aromatic carbocycles. The molecule has 2 aliphatic rings. The Morgan fingerprint density at radius 1 is 1.14 bits per heavy atom. The van der Waals surface area contributed by atoms with Crippen molar-refractivity contribution in [1.29, 1.82) is 0 Å². The summed E-state index contributed by atoms with van der Waals surface area (Å²) >= 11 is 0. The molecule has 12 heteroatoms. The van der Waals surface area contributed by atoms with Crippen molar-refractivity contribution < 1.29 is 41.0 Å². The fourth-order valence-corrected chi connectivity index (χ4v) is 6.46. The summed E-state index contributed by atoms with van der Waals surface area (Å²) < 4.78 is 80.9. The normalized spacial score (nSPS) is 22.4. The average molecular weight is 543 g/mol. The molecule has 3 unspecified atom stereocenters. The van der Waals surface area contributed by atoms with E-state index >= 15 is 0 Å². The van der Waals surface area contributed by atoms with E-state index in [0.717, 1.165) is 5.56 Å². The van der Waals surface area contributed by atoms with Crippen molar-refractivity contribution in [2.45, 2.75) is 49.0 Å². The van der Waals surface area contributed by atoms with Crippen molar-refractivity contribution >= 4 is 21.7 Å². The largest absolute Gasteiger partial charge is 0.464 e. The van der Waals surface area contributed by atoms with Crippen molar-refractivity contribution in [2.75, 3.05) is 37.8 Å². The van der Waals surface area contributed by atoms with Crippen molar-refractivity contribution in [3.8, 4) is 0 Å². The van der Waals surface area contributed by atoms with Crippen molar-refractivity contribution in [3.05, 3.63) is 59.7 Å². The highest BCUT2D eigenvalue weighted by atomic mass is 32.2. The van der Waals surface area contributed by atoms with Gasteiger partial charge in [0.2, 0.25) is 10.0 Å². The number of fused-ring (bicyclic) bond motifs is 1. The molecule has 1 N–H and O–H groups in total. The number of carbonyl (C=O) groups is 1. The highest BCUT2D eigenvalue weighted by Gasteiger charge is 2.68. The summed E-state index contributed by atoms with van der Waals surface area (Å²) in [5.41, 5.74) is -2.87. The Kier molecular flexibility index (Phi) is 7.57. The number of hydrogen-bond donors (Lipinski definition) is 1. The number of morpholine rings is 1. The molecule has 2 heterocycles. The third-order valence-electron chi connectivity index (χ3n) is 6.89. The van der Waals surface area contributed by atoms with Gasteiger partial charge in [-0.1, -0.05) is 36.4 Å². The van der Waals surface area contributed by atoms with Gasteiger partial charge in [0.25, 0.3) is 5.60 Å². The Balaban J connectivity index is 1.86. The molecule has 0 aromatic heterocycles. The Morgan fingerprint density at radius 3 is 2.38 bits per heavy atom. The van der Waals surface area contributed by atoms with Crippen molar-refractivity contribution in [3.63, 3.8) is 0 Å². The lowest BCUT2D eigenvalue weighted by atomic mass is 9.78. The fraction of sp³-hybridized carbons (Fsp3) is 0.480. The zero-order chi connectivity index (χ0) is 27.0. The molecule has 0 amide bonds. The number of sulfonamides is 1. The highest BCUT2D eigenvalue weighted by molar-refractivity contribution is 7.89. The van der Waals surface area contributed by atoms with Crippen molar-refractivity contribution in [2.24, 2.45) is 0 Å². The number of benzene rings is 2. The molecule has 2 aromatic rings. The maximum absolute atomic E-state index is 14.4. The molecule has 4 rings (SSSR count). The van der Waals surface area contributed by atoms with E-state index in [1.54, 1.807) is 35.2 Å². The van der Waals surface area contributed by atoms with Gasteiger partial charge in [-0.05, 0) is 37.1 Å². The number of ether oxygens (including phenoxy) is 2. The Bertz CT molecular complexity index is 1230. The minimum Gasteiger partial charge on any atom is -0.464 e. The molecule has 0 spiro atoms. The Labute approximate surface area is 213 Å². The first-order valence-corrected chi connectivity index (χ1v) is 13.4. The number of aliphatic hydroxyl groups is 1. The van der Waals surface area contributed by atoms with Crippen LogP contribution in [0.25, 0.3) is 0 Å². The van der Waals surface area contributed by atoms with Crippen LogP contribution in [0.1, 0.15) is 30.9 Å². The average Bonchev–Trinajstić information content (AvgIpc) is 3.14. The van der Waals surface area contributed by atoms with E-state index in [1.807, 2.05) is 0 Å². The molecular weight excluding hydrogens is 513 g/mol. The second kappa shape index (κ2) is 10.2. The van der Waals surface area contributed by atoms with Crippen LogP contribution >= 0.6 is 0 Å². The number of esters is 1. The topological polar surface area (TPSA) is 96.4 Å². The van der Waals surface area contributed by atoms with Crippen LogP contribution in [0.15, 0.2) is 53.4 Å². The van der Waals surface area contributed by atoms with Crippen LogP contribution in [0.2, 0.25) is 0 Å². The molecule has 2 aliphatic heterocycles. The second-order valence-electron chi connectivity index (χ2n) is 9.05. The lowest BCUT2D eigenvalue weighted by Gasteiger charge is -2.37. The van der Waals surface area contributed by atoms with Gasteiger partial charge < -0.3 is 19.5 Å². The van der Waals surface area contributed by atoms with E-state index in [0.29, 0.717) is 0 Å². The van der Waals surface area contributed by atoms with Crippen LogP contribution in [-0.4, -0.2) is 74.5 Å². The molecule has 202 valence electrons. The first kappa shape index (κ1) is 27.4. The maximum atomic E-state index is 14.4. The van der Waals surface area contributed by atoms with Crippen LogP contribution < -0.4 is 4.90 Å². The van der Waals surface area contributed by atoms with Gasteiger partial charge in [-0.2, -0.15) is 17.5 Å². The van der Waals surface area contributed by atoms with Gasteiger partial charge in [0, 0.05) is 31.4 Å². The minimum absolute atomic E-state index is 0.0113. The van der Waals surface area contributed by atoms with Crippen LogP contribution in [0.4, 0.5) is 18.9 Å². The Hall–Kier alpha value is -2.67. The third kappa shape index (κ3) is 4.83. The van der Waals surface area contributed by atoms with E-state index in [2.05, 4.69) is 4.74 Å². The zero-order valence-corrected chi connectivity index (χ0v) is 21.3. The maximum Gasteiger partial charge on any atom is 0.428 e. The van der Waals surface area contributed by atoms with E-state index in [9.17, 15) is 31.5 Å². The molecule has 0 saturated carbocycles. The summed E-state index contributed by atoms with van der Waals surface area (Å²) in [5.74, 6) is -3.55. The number of carbonyl (C=O) groups excluding carboxylic acids is 1. The smallest absolute Gasteiger partial charge is 0.428 e. The molecule has 1 fully saturated rings. The van der Waals surface area contributed by atoms with Crippen LogP contribution in [0.5, 0.6) is 0 Å². The van der Waals surface area contributed by atoms with E-state index in [1.165, 1.54) is 36.4 Å². The summed E-state index contributed by atoms with van der Waals surface area (Å²) in [6.07, 6.45) is -5.35. The van der Waals surface area contributed by atoms with Gasteiger partial charge in [0.15, 0.2) is 0 Å². The lowest BCUT2D eigenvalue weighted by Crippen LogP contribution is -2.59. The first-order valence-electron chi connectivity index (χ1n) is 11.9. The van der Waals surface area contributed by atoms with E-state index in [-0.39, 0.29) is 55.6 Å². The quantitative estimate of drug-likeness (QED) is 0.538. The van der Waals surface area contributed by atoms with Gasteiger partial charge in [0.1, 0.15) is 0 Å². The van der Waals surface area contributed by atoms with Gasteiger partial charge in [-0.3, -0.25) is 0 Å². The van der Waals surface area contributed by atoms with Gasteiger partial charge in [-0.15, -0.1) is 0 Å². The summed E-state index contributed by atoms with van der Waals surface area (Å²) in [7, 11) is -3.95. The number of rotatable bonds is 7. The highest BCUT2D eigenvalue weighted by Crippen LogP contribution is 2.53. The summed E-state index contributed by atoms with van der Waals surface area (Å²) in [6, 6.07) is 11.7. The molecule has 37 heavy (non-hydrogen) atoms. The molecule has 1 saturated heterocycles. The molecule has 0 aliphatic carbocycles. The number of nitrogens with zero attached hydrogens (tertiary/aromatic N) is 2.